The van der Waals surface area contributed by atoms with Gasteiger partial charge in [-0.2, -0.15) is 0 Å². The van der Waals surface area contributed by atoms with E-state index in [1.54, 1.807) is 12.4 Å². The molecule has 2 aliphatic heterocycles. The Morgan fingerprint density at radius 1 is 1.12 bits per heavy atom. The minimum absolute atomic E-state index is 0.194. The van der Waals surface area contributed by atoms with Gasteiger partial charge in [0.05, 0.1) is 17.3 Å². The van der Waals surface area contributed by atoms with Gasteiger partial charge in [0, 0.05) is 25.8 Å². The van der Waals surface area contributed by atoms with Gasteiger partial charge in [0.25, 0.3) is 0 Å². The maximum atomic E-state index is 13.0. The maximum absolute atomic E-state index is 13.0. The van der Waals surface area contributed by atoms with E-state index < -0.39 is 0 Å². The molecule has 4 rings (SSSR count). The van der Waals surface area contributed by atoms with Gasteiger partial charge in [-0.05, 0) is 44.0 Å². The number of rotatable bonds is 3. The highest BCUT2D eigenvalue weighted by molar-refractivity contribution is 6.00. The molecule has 2 fully saturated rings. The first kappa shape index (κ1) is 15.3. The largest absolute Gasteiger partial charge is 0.310 e. The van der Waals surface area contributed by atoms with E-state index in [2.05, 4.69) is 41.1 Å². The molecule has 0 radical (unpaired) electrons. The van der Waals surface area contributed by atoms with E-state index in [0.717, 1.165) is 44.7 Å². The van der Waals surface area contributed by atoms with Crippen LogP contribution in [0.2, 0.25) is 0 Å². The average Bonchev–Trinajstić information content (AvgIpc) is 3.16. The lowest BCUT2D eigenvalue weighted by Gasteiger charge is -2.23. The SMILES string of the molecule is Cc1ccc(CN2CCC3(CCN(c4cccnc4)C3=O)C2)cc1. The normalized spacial score (nSPS) is 24.2. The molecule has 124 valence electrons. The van der Waals surface area contributed by atoms with Crippen molar-refractivity contribution in [3.8, 4) is 0 Å². The molecule has 2 saturated heterocycles. The number of aryl methyl sites for hydroxylation is 1. The standard InChI is InChI=1S/C20H23N3O/c1-16-4-6-17(7-5-16)14-22-11-8-20(15-22)9-12-23(19(20)24)18-3-2-10-21-13-18/h2-7,10,13H,8-9,11-12,14-15H2,1H3. The van der Waals surface area contributed by atoms with Gasteiger partial charge in [0.2, 0.25) is 5.91 Å². The summed E-state index contributed by atoms with van der Waals surface area (Å²) >= 11 is 0. The second kappa shape index (κ2) is 6.02. The Morgan fingerprint density at radius 2 is 1.92 bits per heavy atom. The number of hydrogen-bond donors (Lipinski definition) is 0. The van der Waals surface area contributed by atoms with Gasteiger partial charge in [-0.15, -0.1) is 0 Å². The Balaban J connectivity index is 1.46. The fourth-order valence-electron chi connectivity index (χ4n) is 4.00. The van der Waals surface area contributed by atoms with E-state index in [0.29, 0.717) is 0 Å². The van der Waals surface area contributed by atoms with Crippen LogP contribution in [0.5, 0.6) is 0 Å². The molecule has 1 amide bonds. The van der Waals surface area contributed by atoms with E-state index >= 15 is 0 Å². The summed E-state index contributed by atoms with van der Waals surface area (Å²) in [5.74, 6) is 0.280. The Morgan fingerprint density at radius 3 is 2.67 bits per heavy atom. The quantitative estimate of drug-likeness (QED) is 0.872. The predicted octanol–water partition coefficient (Wildman–Crippen LogP) is 3.02. The van der Waals surface area contributed by atoms with Crippen molar-refractivity contribution in [2.24, 2.45) is 5.41 Å². The molecular weight excluding hydrogens is 298 g/mol. The van der Waals surface area contributed by atoms with Crippen LogP contribution in [-0.2, 0) is 11.3 Å². The number of nitrogens with zero attached hydrogens (tertiary/aromatic N) is 3. The van der Waals surface area contributed by atoms with Crippen molar-refractivity contribution in [2.45, 2.75) is 26.3 Å². The van der Waals surface area contributed by atoms with Crippen molar-refractivity contribution in [1.29, 1.82) is 0 Å². The first-order valence-electron chi connectivity index (χ1n) is 8.66. The van der Waals surface area contributed by atoms with E-state index in [1.807, 2.05) is 17.0 Å². The molecule has 1 atom stereocenters. The lowest BCUT2D eigenvalue weighted by Crippen LogP contribution is -2.36. The van der Waals surface area contributed by atoms with Crippen molar-refractivity contribution >= 4 is 11.6 Å². The summed E-state index contributed by atoms with van der Waals surface area (Å²) in [5, 5.41) is 0. The number of anilines is 1. The molecule has 4 nitrogen and oxygen atoms in total. The summed E-state index contributed by atoms with van der Waals surface area (Å²) < 4.78 is 0. The molecule has 2 aliphatic rings. The van der Waals surface area contributed by atoms with Gasteiger partial charge in [-0.1, -0.05) is 29.8 Å². The summed E-state index contributed by atoms with van der Waals surface area (Å²) in [7, 11) is 0. The first-order valence-corrected chi connectivity index (χ1v) is 8.66. The number of carbonyl (C=O) groups is 1. The highest BCUT2D eigenvalue weighted by atomic mass is 16.2. The van der Waals surface area contributed by atoms with Crippen LogP contribution in [0.4, 0.5) is 5.69 Å². The first-order chi connectivity index (χ1) is 11.7. The van der Waals surface area contributed by atoms with Crippen LogP contribution in [0.3, 0.4) is 0 Å². The van der Waals surface area contributed by atoms with Gasteiger partial charge >= 0.3 is 0 Å². The molecule has 1 aromatic carbocycles. The predicted molar refractivity (Wildman–Crippen MR) is 94.7 cm³/mol. The van der Waals surface area contributed by atoms with Gasteiger partial charge in [-0.25, -0.2) is 0 Å². The van der Waals surface area contributed by atoms with Crippen LogP contribution in [0.25, 0.3) is 0 Å². The number of amides is 1. The van der Waals surface area contributed by atoms with E-state index in [4.69, 9.17) is 0 Å². The lowest BCUT2D eigenvalue weighted by molar-refractivity contribution is -0.125. The van der Waals surface area contributed by atoms with Crippen molar-refractivity contribution in [3.63, 3.8) is 0 Å². The summed E-state index contributed by atoms with van der Waals surface area (Å²) in [6.07, 6.45) is 5.45. The molecule has 1 spiro atoms. The number of pyridine rings is 1. The number of hydrogen-bond acceptors (Lipinski definition) is 3. The number of likely N-dealkylation sites (tertiary alicyclic amines) is 1. The number of carbonyl (C=O) groups excluding carboxylic acids is 1. The third-order valence-corrected chi connectivity index (χ3v) is 5.43. The fraction of sp³-hybridized carbons (Fsp3) is 0.400. The van der Waals surface area contributed by atoms with E-state index in [-0.39, 0.29) is 11.3 Å². The van der Waals surface area contributed by atoms with E-state index in [9.17, 15) is 4.79 Å². The molecule has 24 heavy (non-hydrogen) atoms. The Hall–Kier alpha value is -2.20. The molecule has 0 saturated carbocycles. The van der Waals surface area contributed by atoms with Crippen molar-refractivity contribution in [2.75, 3.05) is 24.5 Å². The molecule has 0 bridgehead atoms. The molecule has 4 heteroatoms. The van der Waals surface area contributed by atoms with Crippen LogP contribution >= 0.6 is 0 Å². The zero-order valence-corrected chi connectivity index (χ0v) is 14.1. The third-order valence-electron chi connectivity index (χ3n) is 5.43. The van der Waals surface area contributed by atoms with Crippen LogP contribution < -0.4 is 4.90 Å². The van der Waals surface area contributed by atoms with Crippen molar-refractivity contribution < 1.29 is 4.79 Å². The molecule has 1 aromatic heterocycles. The summed E-state index contributed by atoms with van der Waals surface area (Å²) in [6, 6.07) is 12.6. The zero-order chi connectivity index (χ0) is 16.6. The van der Waals surface area contributed by atoms with Gasteiger partial charge in [0.15, 0.2) is 0 Å². The minimum atomic E-state index is -0.194. The zero-order valence-electron chi connectivity index (χ0n) is 14.1. The van der Waals surface area contributed by atoms with Gasteiger partial charge < -0.3 is 4.90 Å². The molecular formula is C20H23N3O. The van der Waals surface area contributed by atoms with Crippen LogP contribution in [-0.4, -0.2) is 35.4 Å². The molecule has 0 aliphatic carbocycles. The Labute approximate surface area is 143 Å². The topological polar surface area (TPSA) is 36.4 Å². The number of aromatic nitrogens is 1. The Kier molecular flexibility index (Phi) is 3.85. The lowest BCUT2D eigenvalue weighted by atomic mass is 9.85. The van der Waals surface area contributed by atoms with Gasteiger partial charge in [0.1, 0.15) is 0 Å². The molecule has 1 unspecified atom stereocenters. The van der Waals surface area contributed by atoms with Crippen molar-refractivity contribution in [3.05, 3.63) is 59.9 Å². The number of benzene rings is 1. The van der Waals surface area contributed by atoms with Crippen LogP contribution in [0.1, 0.15) is 24.0 Å². The maximum Gasteiger partial charge on any atom is 0.234 e. The monoisotopic (exact) mass is 321 g/mol. The van der Waals surface area contributed by atoms with Crippen LogP contribution in [0.15, 0.2) is 48.8 Å². The third kappa shape index (κ3) is 2.71. The van der Waals surface area contributed by atoms with Crippen LogP contribution in [0, 0.1) is 12.3 Å². The van der Waals surface area contributed by atoms with E-state index in [1.165, 1.54) is 11.1 Å². The minimum Gasteiger partial charge on any atom is -0.310 e. The second-order valence-corrected chi connectivity index (χ2v) is 7.14. The Bertz CT molecular complexity index is 728. The second-order valence-electron chi connectivity index (χ2n) is 7.14. The molecule has 0 N–H and O–H groups in total. The highest BCUT2D eigenvalue weighted by Crippen LogP contribution is 2.42. The summed E-state index contributed by atoms with van der Waals surface area (Å²) in [6.45, 7) is 5.72. The van der Waals surface area contributed by atoms with Gasteiger partial charge in [-0.3, -0.25) is 14.7 Å². The smallest absolute Gasteiger partial charge is 0.234 e. The summed E-state index contributed by atoms with van der Waals surface area (Å²) in [4.78, 5) is 21.5. The van der Waals surface area contributed by atoms with Crippen molar-refractivity contribution in [1.82, 2.24) is 9.88 Å². The molecule has 2 aromatic rings. The highest BCUT2D eigenvalue weighted by Gasteiger charge is 2.50. The summed E-state index contributed by atoms with van der Waals surface area (Å²) in [5.41, 5.74) is 3.35. The molecule has 3 heterocycles. The fourth-order valence-corrected chi connectivity index (χ4v) is 4.00. The average molecular weight is 321 g/mol.